The van der Waals surface area contributed by atoms with Crippen molar-refractivity contribution in [3.8, 4) is 0 Å². The van der Waals surface area contributed by atoms with Crippen LogP contribution in [0.2, 0.25) is 0 Å². The molecule has 1 aromatic rings. The van der Waals surface area contributed by atoms with E-state index in [1.54, 1.807) is 0 Å². The molecule has 2 rings (SSSR count). The van der Waals surface area contributed by atoms with E-state index >= 15 is 0 Å². The van der Waals surface area contributed by atoms with Crippen molar-refractivity contribution in [2.45, 2.75) is 31.7 Å². The molecule has 0 spiro atoms. The zero-order valence-corrected chi connectivity index (χ0v) is 11.7. The SMILES string of the molecule is NCC1CCCCC1NC(=O)Nc1ccc([N+](=O)[O-])cc1. The average molecular weight is 292 g/mol. The second kappa shape index (κ2) is 7.03. The number of nitrogens with two attached hydrogens (primary N) is 1. The Hall–Kier alpha value is -2.15. The van der Waals surface area contributed by atoms with Crippen LogP contribution in [0, 0.1) is 16.0 Å². The number of hydrogen-bond donors (Lipinski definition) is 3. The summed E-state index contributed by atoms with van der Waals surface area (Å²) in [5, 5.41) is 16.2. The highest BCUT2D eigenvalue weighted by Gasteiger charge is 2.25. The van der Waals surface area contributed by atoms with Gasteiger partial charge in [0, 0.05) is 23.9 Å². The summed E-state index contributed by atoms with van der Waals surface area (Å²) in [6.07, 6.45) is 4.23. The van der Waals surface area contributed by atoms with Crippen LogP contribution in [0.3, 0.4) is 0 Å². The molecule has 2 amide bonds. The van der Waals surface area contributed by atoms with Crippen molar-refractivity contribution in [3.05, 3.63) is 34.4 Å². The molecule has 7 heteroatoms. The van der Waals surface area contributed by atoms with Gasteiger partial charge in [-0.1, -0.05) is 12.8 Å². The third kappa shape index (κ3) is 4.16. The molecule has 2 atom stereocenters. The minimum atomic E-state index is -0.474. The molecule has 1 saturated carbocycles. The van der Waals surface area contributed by atoms with Gasteiger partial charge in [-0.25, -0.2) is 4.79 Å². The van der Waals surface area contributed by atoms with E-state index in [-0.39, 0.29) is 17.8 Å². The maximum Gasteiger partial charge on any atom is 0.319 e. The number of amides is 2. The molecule has 4 N–H and O–H groups in total. The highest BCUT2D eigenvalue weighted by Crippen LogP contribution is 2.23. The molecule has 7 nitrogen and oxygen atoms in total. The second-order valence-corrected chi connectivity index (χ2v) is 5.29. The number of rotatable bonds is 4. The average Bonchev–Trinajstić information content (AvgIpc) is 2.48. The van der Waals surface area contributed by atoms with Gasteiger partial charge in [0.05, 0.1) is 4.92 Å². The first kappa shape index (κ1) is 15.2. The zero-order chi connectivity index (χ0) is 15.2. The van der Waals surface area contributed by atoms with Crippen molar-refractivity contribution in [1.29, 1.82) is 0 Å². The van der Waals surface area contributed by atoms with Crippen LogP contribution < -0.4 is 16.4 Å². The number of nitrogens with one attached hydrogen (secondary N) is 2. The van der Waals surface area contributed by atoms with E-state index in [1.807, 2.05) is 0 Å². The highest BCUT2D eigenvalue weighted by molar-refractivity contribution is 5.89. The van der Waals surface area contributed by atoms with Crippen molar-refractivity contribution < 1.29 is 9.72 Å². The van der Waals surface area contributed by atoms with Crippen molar-refractivity contribution in [2.24, 2.45) is 11.7 Å². The molecule has 2 unspecified atom stereocenters. The van der Waals surface area contributed by atoms with Gasteiger partial charge >= 0.3 is 6.03 Å². The summed E-state index contributed by atoms with van der Waals surface area (Å²) < 4.78 is 0. The summed E-state index contributed by atoms with van der Waals surface area (Å²) in [4.78, 5) is 22.0. The van der Waals surface area contributed by atoms with Crippen LogP contribution in [0.15, 0.2) is 24.3 Å². The number of nitro groups is 1. The van der Waals surface area contributed by atoms with Gasteiger partial charge in [-0.15, -0.1) is 0 Å². The monoisotopic (exact) mass is 292 g/mol. The quantitative estimate of drug-likeness (QED) is 0.583. The fourth-order valence-corrected chi connectivity index (χ4v) is 2.68. The molecule has 1 fully saturated rings. The third-order valence-corrected chi connectivity index (χ3v) is 3.86. The Bertz CT molecular complexity index is 503. The Labute approximate surface area is 123 Å². The van der Waals surface area contributed by atoms with Crippen molar-refractivity contribution >= 4 is 17.4 Å². The van der Waals surface area contributed by atoms with Gasteiger partial charge in [-0.3, -0.25) is 10.1 Å². The van der Waals surface area contributed by atoms with Gasteiger partial charge in [0.15, 0.2) is 0 Å². The van der Waals surface area contributed by atoms with Crippen LogP contribution in [0.25, 0.3) is 0 Å². The number of hydrogen-bond acceptors (Lipinski definition) is 4. The Morgan fingerprint density at radius 1 is 1.29 bits per heavy atom. The van der Waals surface area contributed by atoms with Crippen LogP contribution in [0.4, 0.5) is 16.2 Å². The molecule has 1 aliphatic rings. The minimum Gasteiger partial charge on any atom is -0.335 e. The third-order valence-electron chi connectivity index (χ3n) is 3.86. The first-order chi connectivity index (χ1) is 10.1. The summed E-state index contributed by atoms with van der Waals surface area (Å²) in [6.45, 7) is 0.572. The lowest BCUT2D eigenvalue weighted by atomic mass is 9.84. The number of urea groups is 1. The largest absolute Gasteiger partial charge is 0.335 e. The van der Waals surface area contributed by atoms with Crippen LogP contribution >= 0.6 is 0 Å². The normalized spacial score (nSPS) is 21.6. The maximum absolute atomic E-state index is 12.0. The molecule has 0 aliphatic heterocycles. The fourth-order valence-electron chi connectivity index (χ4n) is 2.68. The van der Waals surface area contributed by atoms with Gasteiger partial charge in [-0.2, -0.15) is 0 Å². The highest BCUT2D eigenvalue weighted by atomic mass is 16.6. The van der Waals surface area contributed by atoms with Crippen molar-refractivity contribution in [2.75, 3.05) is 11.9 Å². The number of nitrogens with zero attached hydrogens (tertiary/aromatic N) is 1. The number of carbonyl (C=O) groups is 1. The first-order valence-corrected chi connectivity index (χ1v) is 7.12. The Balaban J connectivity index is 1.90. The summed E-state index contributed by atoms with van der Waals surface area (Å²) in [6, 6.07) is 5.55. The number of anilines is 1. The van der Waals surface area contributed by atoms with Gasteiger partial charge in [0.1, 0.15) is 0 Å². The van der Waals surface area contributed by atoms with Gasteiger partial charge in [0.25, 0.3) is 5.69 Å². The van der Waals surface area contributed by atoms with Crippen LogP contribution in [0.5, 0.6) is 0 Å². The lowest BCUT2D eigenvalue weighted by molar-refractivity contribution is -0.384. The number of non-ortho nitro benzene ring substituents is 1. The van der Waals surface area contributed by atoms with Gasteiger partial charge in [-0.05, 0) is 37.4 Å². The number of nitro benzene ring substituents is 1. The fraction of sp³-hybridized carbons (Fsp3) is 0.500. The second-order valence-electron chi connectivity index (χ2n) is 5.29. The van der Waals surface area contributed by atoms with E-state index in [0.29, 0.717) is 18.2 Å². The molecule has 1 aromatic carbocycles. The molecule has 0 aromatic heterocycles. The summed E-state index contributed by atoms with van der Waals surface area (Å²) >= 11 is 0. The summed E-state index contributed by atoms with van der Waals surface area (Å²) in [7, 11) is 0. The summed E-state index contributed by atoms with van der Waals surface area (Å²) in [5.74, 6) is 0.321. The standard InChI is InChI=1S/C14H20N4O3/c15-9-10-3-1-2-4-13(10)17-14(19)16-11-5-7-12(8-6-11)18(20)21/h5-8,10,13H,1-4,9,15H2,(H2,16,17,19). The maximum atomic E-state index is 12.0. The molecule has 0 saturated heterocycles. The van der Waals surface area contributed by atoms with Crippen LogP contribution in [0.1, 0.15) is 25.7 Å². The summed E-state index contributed by atoms with van der Waals surface area (Å²) in [5.41, 5.74) is 6.25. The molecular weight excluding hydrogens is 272 g/mol. The topological polar surface area (TPSA) is 110 Å². The Morgan fingerprint density at radius 3 is 2.57 bits per heavy atom. The molecule has 0 heterocycles. The Morgan fingerprint density at radius 2 is 1.95 bits per heavy atom. The molecule has 1 aliphatic carbocycles. The molecule has 114 valence electrons. The molecule has 21 heavy (non-hydrogen) atoms. The number of benzene rings is 1. The van der Waals surface area contributed by atoms with Gasteiger partial charge < -0.3 is 16.4 Å². The van der Waals surface area contributed by atoms with Crippen LogP contribution in [-0.2, 0) is 0 Å². The molecular formula is C14H20N4O3. The van der Waals surface area contributed by atoms with E-state index in [9.17, 15) is 14.9 Å². The van der Waals surface area contributed by atoms with Crippen LogP contribution in [-0.4, -0.2) is 23.5 Å². The predicted octanol–water partition coefficient (Wildman–Crippen LogP) is 2.23. The lowest BCUT2D eigenvalue weighted by Crippen LogP contribution is -2.46. The van der Waals surface area contributed by atoms with E-state index in [2.05, 4.69) is 10.6 Å². The Kier molecular flexibility index (Phi) is 5.10. The van der Waals surface area contributed by atoms with E-state index in [0.717, 1.165) is 25.7 Å². The first-order valence-electron chi connectivity index (χ1n) is 7.12. The smallest absolute Gasteiger partial charge is 0.319 e. The zero-order valence-electron chi connectivity index (χ0n) is 11.7. The predicted molar refractivity (Wildman–Crippen MR) is 80.1 cm³/mol. The van der Waals surface area contributed by atoms with E-state index in [1.165, 1.54) is 24.3 Å². The van der Waals surface area contributed by atoms with Crippen molar-refractivity contribution in [3.63, 3.8) is 0 Å². The molecule has 0 radical (unpaired) electrons. The minimum absolute atomic E-state index is 0.00330. The van der Waals surface area contributed by atoms with E-state index in [4.69, 9.17) is 5.73 Å². The van der Waals surface area contributed by atoms with Gasteiger partial charge in [0.2, 0.25) is 0 Å². The van der Waals surface area contributed by atoms with Crippen molar-refractivity contribution in [1.82, 2.24) is 5.32 Å². The molecule has 0 bridgehead atoms. The lowest BCUT2D eigenvalue weighted by Gasteiger charge is -2.31. The van der Waals surface area contributed by atoms with E-state index < -0.39 is 4.92 Å². The number of carbonyl (C=O) groups excluding carboxylic acids is 1.